The van der Waals surface area contributed by atoms with Crippen LogP contribution in [-0.2, 0) is 4.84 Å². The Morgan fingerprint density at radius 2 is 1.89 bits per heavy atom. The average Bonchev–Trinajstić information content (AvgIpc) is 2.73. The van der Waals surface area contributed by atoms with Crippen LogP contribution in [0.4, 0.5) is 5.82 Å². The lowest BCUT2D eigenvalue weighted by molar-refractivity contribution is 0.146. The fraction of sp³-hybridized carbons (Fsp3) is 0.476. The zero-order chi connectivity index (χ0) is 19.6. The molecule has 0 aliphatic carbocycles. The van der Waals surface area contributed by atoms with Crippen molar-refractivity contribution < 1.29 is 9.57 Å². The van der Waals surface area contributed by atoms with Crippen molar-refractivity contribution in [1.29, 1.82) is 0 Å². The third kappa shape index (κ3) is 6.37. The molecule has 0 atom stereocenters. The summed E-state index contributed by atoms with van der Waals surface area (Å²) in [5, 5.41) is 12.5. The van der Waals surface area contributed by atoms with Crippen LogP contribution < -0.4 is 9.64 Å². The summed E-state index contributed by atoms with van der Waals surface area (Å²) in [6, 6.07) is 11.6. The van der Waals surface area contributed by atoms with Gasteiger partial charge in [0.25, 0.3) is 0 Å². The van der Waals surface area contributed by atoms with Gasteiger partial charge in [-0.25, -0.2) is 0 Å². The zero-order valence-electron chi connectivity index (χ0n) is 16.3. The number of ether oxygens (including phenoxy) is 1. The molecule has 0 saturated carbocycles. The number of hydrogen-bond acceptors (Lipinski definition) is 6. The fourth-order valence-electron chi connectivity index (χ4n) is 3.16. The number of hydrogen-bond donors (Lipinski definition) is 0. The van der Waals surface area contributed by atoms with Gasteiger partial charge in [0.15, 0.2) is 11.0 Å². The Hall–Kier alpha value is -2.34. The third-order valence-electron chi connectivity index (χ3n) is 4.80. The molecule has 0 amide bonds. The quantitative estimate of drug-likeness (QED) is 0.349. The molecule has 1 aromatic heterocycles. The Morgan fingerprint density at radius 3 is 2.57 bits per heavy atom. The monoisotopic (exact) mass is 402 g/mol. The number of nitrogens with zero attached hydrogens (tertiary/aromatic N) is 4. The summed E-state index contributed by atoms with van der Waals surface area (Å²) in [6.07, 6.45) is 6.02. The normalized spacial score (nSPS) is 15.1. The van der Waals surface area contributed by atoms with Crippen molar-refractivity contribution in [2.24, 2.45) is 11.1 Å². The van der Waals surface area contributed by atoms with Gasteiger partial charge < -0.3 is 14.5 Å². The highest BCUT2D eigenvalue weighted by atomic mass is 35.5. The molecule has 0 N–H and O–H groups in total. The van der Waals surface area contributed by atoms with Gasteiger partial charge in [-0.05, 0) is 73.6 Å². The Labute approximate surface area is 171 Å². The number of halogens is 1. The first kappa shape index (κ1) is 20.4. The van der Waals surface area contributed by atoms with Crippen LogP contribution in [0, 0.1) is 5.92 Å². The lowest BCUT2D eigenvalue weighted by Crippen LogP contribution is -2.34. The SMILES string of the molecule is CCCO/N=C/c1ccc(OCCC2CCN(c3ccc(Cl)nn3)CC2)cc1. The largest absolute Gasteiger partial charge is 0.494 e. The molecule has 6 nitrogen and oxygen atoms in total. The molecule has 0 radical (unpaired) electrons. The van der Waals surface area contributed by atoms with Crippen LogP contribution in [0.15, 0.2) is 41.6 Å². The third-order valence-corrected chi connectivity index (χ3v) is 5.00. The summed E-state index contributed by atoms with van der Waals surface area (Å²) in [5.41, 5.74) is 1.00. The van der Waals surface area contributed by atoms with Crippen molar-refractivity contribution in [3.63, 3.8) is 0 Å². The molecular formula is C21H27ClN4O2. The van der Waals surface area contributed by atoms with E-state index in [2.05, 4.69) is 27.2 Å². The molecule has 1 fully saturated rings. The first-order valence-electron chi connectivity index (χ1n) is 9.87. The molecule has 1 aliphatic rings. The summed E-state index contributed by atoms with van der Waals surface area (Å²) >= 11 is 5.81. The highest BCUT2D eigenvalue weighted by Crippen LogP contribution is 2.24. The Morgan fingerprint density at radius 1 is 1.11 bits per heavy atom. The van der Waals surface area contributed by atoms with E-state index in [1.54, 1.807) is 12.3 Å². The van der Waals surface area contributed by atoms with Crippen molar-refractivity contribution in [2.45, 2.75) is 32.6 Å². The van der Waals surface area contributed by atoms with Gasteiger partial charge >= 0.3 is 0 Å². The predicted octanol–water partition coefficient (Wildman–Crippen LogP) is 4.58. The molecule has 7 heteroatoms. The molecule has 28 heavy (non-hydrogen) atoms. The molecule has 1 saturated heterocycles. The summed E-state index contributed by atoms with van der Waals surface area (Å²) in [5.74, 6) is 2.47. The van der Waals surface area contributed by atoms with Gasteiger partial charge in [-0.3, -0.25) is 0 Å². The van der Waals surface area contributed by atoms with Gasteiger partial charge in [-0.2, -0.15) is 0 Å². The van der Waals surface area contributed by atoms with Gasteiger partial charge in [-0.1, -0.05) is 23.7 Å². The lowest BCUT2D eigenvalue weighted by Gasteiger charge is -2.32. The van der Waals surface area contributed by atoms with Crippen LogP contribution in [0.1, 0.15) is 38.2 Å². The highest BCUT2D eigenvalue weighted by Gasteiger charge is 2.20. The van der Waals surface area contributed by atoms with Crippen LogP contribution in [0.25, 0.3) is 0 Å². The van der Waals surface area contributed by atoms with Crippen molar-refractivity contribution in [2.75, 3.05) is 31.2 Å². The van der Waals surface area contributed by atoms with Gasteiger partial charge in [0.1, 0.15) is 12.4 Å². The van der Waals surface area contributed by atoms with E-state index in [4.69, 9.17) is 21.2 Å². The van der Waals surface area contributed by atoms with Crippen LogP contribution >= 0.6 is 11.6 Å². The van der Waals surface area contributed by atoms with E-state index in [-0.39, 0.29) is 0 Å². The average molecular weight is 403 g/mol. The predicted molar refractivity (Wildman–Crippen MR) is 112 cm³/mol. The van der Waals surface area contributed by atoms with Gasteiger partial charge in [0.05, 0.1) is 12.8 Å². The van der Waals surface area contributed by atoms with E-state index in [1.807, 2.05) is 30.3 Å². The molecule has 1 aliphatic heterocycles. The molecule has 2 aromatic rings. The standard InChI is InChI=1S/C21H27ClN4O2/c1-2-14-28-23-16-18-3-5-19(6-4-18)27-15-11-17-9-12-26(13-10-17)21-8-7-20(22)24-25-21/h3-8,16-17H,2,9-15H2,1H3/b23-16+. The van der Waals surface area contributed by atoms with E-state index in [0.29, 0.717) is 17.7 Å². The van der Waals surface area contributed by atoms with Crippen molar-refractivity contribution in [3.05, 3.63) is 47.1 Å². The summed E-state index contributed by atoms with van der Waals surface area (Å²) < 4.78 is 5.91. The van der Waals surface area contributed by atoms with E-state index in [9.17, 15) is 0 Å². The maximum Gasteiger partial charge on any atom is 0.151 e. The molecule has 0 bridgehead atoms. The Balaban J connectivity index is 1.35. The second kappa shape index (κ2) is 10.9. The van der Waals surface area contributed by atoms with Crippen LogP contribution in [0.5, 0.6) is 5.75 Å². The number of piperidine rings is 1. The number of rotatable bonds is 9. The van der Waals surface area contributed by atoms with Gasteiger partial charge in [-0.15, -0.1) is 10.2 Å². The summed E-state index contributed by atoms with van der Waals surface area (Å²) in [7, 11) is 0. The van der Waals surface area contributed by atoms with Crippen molar-refractivity contribution in [1.82, 2.24) is 10.2 Å². The topological polar surface area (TPSA) is 59.8 Å². The zero-order valence-corrected chi connectivity index (χ0v) is 17.0. The van der Waals surface area contributed by atoms with E-state index in [0.717, 1.165) is 62.5 Å². The second-order valence-corrected chi connectivity index (χ2v) is 7.31. The van der Waals surface area contributed by atoms with E-state index >= 15 is 0 Å². The van der Waals surface area contributed by atoms with Gasteiger partial charge in [0.2, 0.25) is 0 Å². The van der Waals surface area contributed by atoms with Crippen molar-refractivity contribution >= 4 is 23.6 Å². The summed E-state index contributed by atoms with van der Waals surface area (Å²) in [4.78, 5) is 7.38. The fourth-order valence-corrected chi connectivity index (χ4v) is 3.26. The number of oxime groups is 1. The maximum absolute atomic E-state index is 5.91. The second-order valence-electron chi connectivity index (χ2n) is 6.92. The molecular weight excluding hydrogens is 376 g/mol. The molecule has 1 aromatic carbocycles. The first-order chi connectivity index (χ1) is 13.7. The van der Waals surface area contributed by atoms with Gasteiger partial charge in [0, 0.05) is 13.1 Å². The summed E-state index contributed by atoms with van der Waals surface area (Å²) in [6.45, 7) is 5.42. The van der Waals surface area contributed by atoms with Crippen LogP contribution in [0.2, 0.25) is 5.15 Å². The smallest absolute Gasteiger partial charge is 0.151 e. The lowest BCUT2D eigenvalue weighted by atomic mass is 9.94. The highest BCUT2D eigenvalue weighted by molar-refractivity contribution is 6.29. The molecule has 3 rings (SSSR count). The van der Waals surface area contributed by atoms with Crippen molar-refractivity contribution in [3.8, 4) is 5.75 Å². The van der Waals surface area contributed by atoms with Crippen LogP contribution in [-0.4, -0.2) is 42.7 Å². The minimum atomic E-state index is 0.431. The van der Waals surface area contributed by atoms with Crippen LogP contribution in [0.3, 0.4) is 0 Å². The first-order valence-corrected chi connectivity index (χ1v) is 10.2. The molecule has 0 spiro atoms. The molecule has 150 valence electrons. The molecule has 2 heterocycles. The number of benzene rings is 1. The maximum atomic E-state index is 5.91. The Bertz CT molecular complexity index is 729. The van der Waals surface area contributed by atoms with E-state index in [1.165, 1.54) is 0 Å². The number of aromatic nitrogens is 2. The van der Waals surface area contributed by atoms with E-state index < -0.39 is 0 Å². The minimum Gasteiger partial charge on any atom is -0.494 e. The number of anilines is 1. The Kier molecular flexibility index (Phi) is 7.91. The molecule has 0 unspecified atom stereocenters. The minimum absolute atomic E-state index is 0.431.